The van der Waals surface area contributed by atoms with Crippen molar-refractivity contribution in [3.63, 3.8) is 0 Å². The summed E-state index contributed by atoms with van der Waals surface area (Å²) in [7, 11) is 2.64. The number of hydrogen-bond donors (Lipinski definition) is 0. The van der Waals surface area contributed by atoms with Crippen molar-refractivity contribution in [2.24, 2.45) is 11.8 Å². The molecule has 10 heteroatoms. The lowest BCUT2D eigenvalue weighted by Gasteiger charge is -2.42. The molecular formula is C36H36F6N2O2. The predicted molar refractivity (Wildman–Crippen MR) is 171 cm³/mol. The minimum atomic E-state index is -4.61. The number of benzene rings is 4. The Kier molecular flexibility index (Phi) is 8.94. The van der Waals surface area contributed by atoms with Crippen molar-refractivity contribution in [3.8, 4) is 33.8 Å². The number of fused-ring (bicyclic) bond motifs is 2. The van der Waals surface area contributed by atoms with E-state index in [1.807, 2.05) is 27.7 Å². The van der Waals surface area contributed by atoms with Gasteiger partial charge < -0.3 is 19.3 Å². The lowest BCUT2D eigenvalue weighted by atomic mass is 9.94. The third-order valence-electron chi connectivity index (χ3n) is 7.90. The van der Waals surface area contributed by atoms with Crippen molar-refractivity contribution in [2.45, 2.75) is 40.0 Å². The van der Waals surface area contributed by atoms with E-state index in [1.165, 1.54) is 38.5 Å². The second kappa shape index (κ2) is 12.5. The molecular weight excluding hydrogens is 606 g/mol. The Labute approximate surface area is 265 Å². The van der Waals surface area contributed by atoms with Crippen LogP contribution < -0.4 is 19.3 Å². The van der Waals surface area contributed by atoms with Gasteiger partial charge in [-0.25, -0.2) is 0 Å². The summed E-state index contributed by atoms with van der Waals surface area (Å²) in [5, 5.41) is 0. The molecule has 0 fully saturated rings. The maximum atomic E-state index is 14.2. The van der Waals surface area contributed by atoms with Gasteiger partial charge in [-0.05, 0) is 82.6 Å². The first kappa shape index (κ1) is 33.0. The monoisotopic (exact) mass is 642 g/mol. The van der Waals surface area contributed by atoms with Crippen molar-refractivity contribution >= 4 is 22.7 Å². The van der Waals surface area contributed by atoms with Crippen LogP contribution in [0.1, 0.15) is 38.8 Å². The maximum Gasteiger partial charge on any atom is 0.417 e. The number of hydrogen-bond acceptors (Lipinski definition) is 4. The molecule has 4 nitrogen and oxygen atoms in total. The molecule has 1 aliphatic heterocycles. The van der Waals surface area contributed by atoms with E-state index in [2.05, 4.69) is 9.80 Å². The molecule has 0 saturated carbocycles. The summed E-state index contributed by atoms with van der Waals surface area (Å²) < 4.78 is 95.4. The Hall–Kier alpha value is -4.34. The van der Waals surface area contributed by atoms with Gasteiger partial charge in [0.05, 0.1) is 48.1 Å². The van der Waals surface area contributed by atoms with E-state index in [0.29, 0.717) is 24.2 Å². The largest absolute Gasteiger partial charge is 0.497 e. The van der Waals surface area contributed by atoms with Crippen LogP contribution in [0.4, 0.5) is 49.1 Å². The lowest BCUT2D eigenvalue weighted by molar-refractivity contribution is -0.138. The Balaban J connectivity index is 1.72. The van der Waals surface area contributed by atoms with Crippen LogP contribution >= 0.6 is 0 Å². The molecule has 0 atom stereocenters. The van der Waals surface area contributed by atoms with Gasteiger partial charge in [0, 0.05) is 13.1 Å². The highest BCUT2D eigenvalue weighted by Crippen LogP contribution is 2.52. The zero-order valence-electron chi connectivity index (χ0n) is 26.5. The number of methoxy groups -OCH3 is 2. The fraction of sp³-hybridized carbons (Fsp3) is 0.333. The second-order valence-corrected chi connectivity index (χ2v) is 12.2. The third-order valence-corrected chi connectivity index (χ3v) is 7.90. The standard InChI is InChI=1S/C36H36F6N2O2/c1-21(2)19-43-31-13-7-24(28-12-10-26(46-6)18-30(28)36(40,41)42)16-34(31)44(20-22(3)4)32-14-8-23(15-33(32)43)27-11-9-25(45-5)17-29(27)35(37,38)39/h7-18,21-22H,19-20H2,1-6H3. The fourth-order valence-corrected chi connectivity index (χ4v) is 5.93. The molecule has 0 amide bonds. The van der Waals surface area contributed by atoms with Crippen molar-refractivity contribution in [1.29, 1.82) is 0 Å². The van der Waals surface area contributed by atoms with Crippen LogP contribution in [0.15, 0.2) is 72.8 Å². The Morgan fingerprint density at radius 2 is 0.891 bits per heavy atom. The molecule has 244 valence electrons. The quantitative estimate of drug-likeness (QED) is 0.179. The van der Waals surface area contributed by atoms with E-state index >= 15 is 0 Å². The molecule has 0 spiro atoms. The molecule has 0 radical (unpaired) electrons. The van der Waals surface area contributed by atoms with Crippen LogP contribution in [-0.4, -0.2) is 27.3 Å². The number of halogens is 6. The summed E-state index contributed by atoms with van der Waals surface area (Å²) in [6.07, 6.45) is -9.22. The smallest absolute Gasteiger partial charge is 0.417 e. The molecule has 4 aromatic carbocycles. The molecule has 1 aliphatic rings. The molecule has 0 saturated heterocycles. The SMILES string of the molecule is COc1ccc(-c2ccc3c(c2)N(CC(C)C)c2ccc(-c4ccc(OC)cc4C(F)(F)F)cc2N3CC(C)C)c(C(F)(F)F)c1. The molecule has 1 heterocycles. The number of rotatable bonds is 8. The first-order valence-electron chi connectivity index (χ1n) is 15.0. The van der Waals surface area contributed by atoms with E-state index in [4.69, 9.17) is 9.47 Å². The Bertz CT molecular complexity index is 1600. The molecule has 0 unspecified atom stereocenters. The van der Waals surface area contributed by atoms with Gasteiger partial charge in [-0.15, -0.1) is 0 Å². The molecule has 5 rings (SSSR count). The molecule has 0 aromatic heterocycles. The summed E-state index contributed by atoms with van der Waals surface area (Å²) in [5.74, 6) is 0.527. The minimum Gasteiger partial charge on any atom is -0.497 e. The molecule has 0 bridgehead atoms. The van der Waals surface area contributed by atoms with Gasteiger partial charge in [-0.3, -0.25) is 0 Å². The van der Waals surface area contributed by atoms with Gasteiger partial charge in [0.2, 0.25) is 0 Å². The zero-order valence-corrected chi connectivity index (χ0v) is 26.5. The van der Waals surface area contributed by atoms with Crippen molar-refractivity contribution in [3.05, 3.63) is 83.9 Å². The highest BCUT2D eigenvalue weighted by Gasteiger charge is 2.37. The van der Waals surface area contributed by atoms with E-state index in [-0.39, 0.29) is 34.5 Å². The van der Waals surface area contributed by atoms with Crippen molar-refractivity contribution < 1.29 is 35.8 Å². The average molecular weight is 643 g/mol. The van der Waals surface area contributed by atoms with E-state index in [0.717, 1.165) is 34.9 Å². The molecule has 46 heavy (non-hydrogen) atoms. The lowest BCUT2D eigenvalue weighted by Crippen LogP contribution is -2.33. The topological polar surface area (TPSA) is 24.9 Å². The van der Waals surface area contributed by atoms with Crippen LogP contribution in [0.5, 0.6) is 11.5 Å². The number of nitrogens with zero attached hydrogens (tertiary/aromatic N) is 2. The predicted octanol–water partition coefficient (Wildman–Crippen LogP) is 11.0. The van der Waals surface area contributed by atoms with Gasteiger partial charge >= 0.3 is 12.4 Å². The molecule has 4 aromatic rings. The van der Waals surface area contributed by atoms with Crippen LogP contribution in [0.25, 0.3) is 22.3 Å². The third kappa shape index (κ3) is 6.48. The first-order chi connectivity index (χ1) is 21.6. The van der Waals surface area contributed by atoms with Gasteiger partial charge in [0.15, 0.2) is 0 Å². The number of alkyl halides is 6. The molecule has 0 N–H and O–H groups in total. The van der Waals surface area contributed by atoms with Crippen molar-refractivity contribution in [1.82, 2.24) is 0 Å². The summed E-state index contributed by atoms with van der Waals surface area (Å²) in [6.45, 7) is 9.21. The van der Waals surface area contributed by atoms with Gasteiger partial charge in [-0.1, -0.05) is 52.0 Å². The normalized spacial score (nSPS) is 13.3. The summed E-state index contributed by atoms with van der Waals surface area (Å²) in [4.78, 5) is 4.10. The Morgan fingerprint density at radius 3 is 1.20 bits per heavy atom. The van der Waals surface area contributed by atoms with Crippen LogP contribution in [0.2, 0.25) is 0 Å². The number of ether oxygens (including phenoxy) is 2. The van der Waals surface area contributed by atoms with Crippen LogP contribution in [0.3, 0.4) is 0 Å². The van der Waals surface area contributed by atoms with Crippen LogP contribution in [0, 0.1) is 11.8 Å². The van der Waals surface area contributed by atoms with Gasteiger partial charge in [-0.2, -0.15) is 26.3 Å². The first-order valence-corrected chi connectivity index (χ1v) is 15.0. The fourth-order valence-electron chi connectivity index (χ4n) is 5.93. The number of anilines is 4. The van der Waals surface area contributed by atoms with Crippen LogP contribution in [-0.2, 0) is 12.4 Å². The average Bonchev–Trinajstić information content (AvgIpc) is 3.00. The Morgan fingerprint density at radius 1 is 0.522 bits per heavy atom. The minimum absolute atomic E-state index is 0.0244. The van der Waals surface area contributed by atoms with Gasteiger partial charge in [0.25, 0.3) is 0 Å². The second-order valence-electron chi connectivity index (χ2n) is 12.2. The summed E-state index contributed by atoms with van der Waals surface area (Å²) in [6, 6.07) is 18.3. The van der Waals surface area contributed by atoms with E-state index < -0.39 is 23.5 Å². The zero-order chi connectivity index (χ0) is 33.6. The maximum absolute atomic E-state index is 14.2. The highest BCUT2D eigenvalue weighted by atomic mass is 19.4. The molecule has 0 aliphatic carbocycles. The van der Waals surface area contributed by atoms with E-state index in [9.17, 15) is 26.3 Å². The van der Waals surface area contributed by atoms with Gasteiger partial charge in [0.1, 0.15) is 11.5 Å². The highest BCUT2D eigenvalue weighted by molar-refractivity contribution is 5.97. The summed E-state index contributed by atoms with van der Waals surface area (Å²) in [5.41, 5.74) is 2.18. The van der Waals surface area contributed by atoms with E-state index in [1.54, 1.807) is 36.4 Å². The van der Waals surface area contributed by atoms with Crippen molar-refractivity contribution in [2.75, 3.05) is 37.1 Å². The summed E-state index contributed by atoms with van der Waals surface area (Å²) >= 11 is 0.